The van der Waals surface area contributed by atoms with Crippen LogP contribution >= 0.6 is 0 Å². The van der Waals surface area contributed by atoms with Crippen molar-refractivity contribution in [1.82, 2.24) is 5.32 Å². The number of nitro groups is 1. The van der Waals surface area contributed by atoms with Crippen LogP contribution in [0.5, 0.6) is 11.5 Å². The van der Waals surface area contributed by atoms with Crippen molar-refractivity contribution < 1.29 is 24.0 Å². The zero-order chi connectivity index (χ0) is 24.0. The summed E-state index contributed by atoms with van der Waals surface area (Å²) < 4.78 is 10.2. The molecule has 0 fully saturated rings. The number of amides is 2. The molecule has 9 nitrogen and oxygen atoms in total. The van der Waals surface area contributed by atoms with E-state index in [9.17, 15) is 19.7 Å². The second-order valence-corrected chi connectivity index (χ2v) is 7.15. The Labute approximate surface area is 190 Å². The Morgan fingerprint density at radius 2 is 1.55 bits per heavy atom. The minimum absolute atomic E-state index is 0.122. The molecule has 0 radical (unpaired) electrons. The number of rotatable bonds is 8. The Morgan fingerprint density at radius 1 is 0.909 bits per heavy atom. The van der Waals surface area contributed by atoms with E-state index in [1.807, 2.05) is 31.2 Å². The standard InChI is InChI=1S/C24H23N3O6/c1-15-8-10-16(11-9-15)14-25-23(28)17-6-4-5-7-19(17)26-24(29)18-12-21(32-2)22(33-3)13-20(18)27(30)31/h4-13H,14H2,1-3H3,(H,25,28)(H,26,29). The molecule has 0 spiro atoms. The molecule has 2 amide bonds. The minimum atomic E-state index is -0.763. The molecule has 0 saturated carbocycles. The number of aryl methyl sites for hydroxylation is 1. The summed E-state index contributed by atoms with van der Waals surface area (Å²) in [4.78, 5) is 36.6. The van der Waals surface area contributed by atoms with Crippen LogP contribution in [0.2, 0.25) is 0 Å². The van der Waals surface area contributed by atoms with E-state index in [4.69, 9.17) is 9.47 Å². The molecule has 33 heavy (non-hydrogen) atoms. The normalized spacial score (nSPS) is 10.3. The van der Waals surface area contributed by atoms with E-state index in [1.54, 1.807) is 24.3 Å². The molecule has 0 aliphatic carbocycles. The number of anilines is 1. The topological polar surface area (TPSA) is 120 Å². The van der Waals surface area contributed by atoms with E-state index in [-0.39, 0.29) is 28.3 Å². The van der Waals surface area contributed by atoms with Crippen LogP contribution in [0.3, 0.4) is 0 Å². The van der Waals surface area contributed by atoms with Crippen LogP contribution < -0.4 is 20.1 Å². The third kappa shape index (κ3) is 5.45. The first-order valence-electron chi connectivity index (χ1n) is 9.98. The van der Waals surface area contributed by atoms with Gasteiger partial charge in [0.15, 0.2) is 11.5 Å². The van der Waals surface area contributed by atoms with E-state index >= 15 is 0 Å². The van der Waals surface area contributed by atoms with Gasteiger partial charge in [-0.15, -0.1) is 0 Å². The van der Waals surface area contributed by atoms with Gasteiger partial charge in [-0.3, -0.25) is 19.7 Å². The average molecular weight is 449 g/mol. The molecule has 0 bridgehead atoms. The minimum Gasteiger partial charge on any atom is -0.493 e. The highest BCUT2D eigenvalue weighted by atomic mass is 16.6. The maximum atomic E-state index is 12.9. The molecule has 2 N–H and O–H groups in total. The van der Waals surface area contributed by atoms with Crippen LogP contribution in [0.4, 0.5) is 11.4 Å². The van der Waals surface area contributed by atoms with Crippen LogP contribution in [0.15, 0.2) is 60.7 Å². The number of nitrogens with zero attached hydrogens (tertiary/aromatic N) is 1. The van der Waals surface area contributed by atoms with Crippen LogP contribution in [0.25, 0.3) is 0 Å². The lowest BCUT2D eigenvalue weighted by atomic mass is 10.1. The van der Waals surface area contributed by atoms with Gasteiger partial charge in [0.05, 0.1) is 36.5 Å². The third-order valence-electron chi connectivity index (χ3n) is 4.94. The molecule has 0 aliphatic rings. The predicted octanol–water partition coefficient (Wildman–Crippen LogP) is 4.10. The number of carbonyl (C=O) groups excluding carboxylic acids is 2. The Hall–Kier alpha value is -4.40. The summed E-state index contributed by atoms with van der Waals surface area (Å²) in [6, 6.07) is 16.5. The number of nitro benzene ring substituents is 1. The molecule has 3 aromatic rings. The quantitative estimate of drug-likeness (QED) is 0.395. The first-order chi connectivity index (χ1) is 15.8. The first kappa shape index (κ1) is 23.3. The zero-order valence-electron chi connectivity index (χ0n) is 18.4. The number of para-hydroxylation sites is 1. The van der Waals surface area contributed by atoms with E-state index in [1.165, 1.54) is 20.3 Å². The second kappa shape index (κ2) is 10.3. The SMILES string of the molecule is COc1cc(C(=O)Nc2ccccc2C(=O)NCc2ccc(C)cc2)c([N+](=O)[O-])cc1OC. The zero-order valence-corrected chi connectivity index (χ0v) is 18.4. The van der Waals surface area contributed by atoms with Gasteiger partial charge in [0.2, 0.25) is 0 Å². The molecule has 0 aromatic heterocycles. The molecule has 9 heteroatoms. The summed E-state index contributed by atoms with van der Waals surface area (Å²) in [6.45, 7) is 2.28. The molecule has 0 saturated heterocycles. The summed E-state index contributed by atoms with van der Waals surface area (Å²) in [5.74, 6) is -0.872. The Bertz CT molecular complexity index is 1190. The highest BCUT2D eigenvalue weighted by Crippen LogP contribution is 2.35. The maximum absolute atomic E-state index is 12.9. The van der Waals surface area contributed by atoms with Gasteiger partial charge in [-0.25, -0.2) is 0 Å². The lowest BCUT2D eigenvalue weighted by molar-refractivity contribution is -0.385. The predicted molar refractivity (Wildman–Crippen MR) is 123 cm³/mol. The fourth-order valence-electron chi connectivity index (χ4n) is 3.16. The van der Waals surface area contributed by atoms with Gasteiger partial charge in [-0.05, 0) is 24.6 Å². The van der Waals surface area contributed by atoms with E-state index in [2.05, 4.69) is 10.6 Å². The van der Waals surface area contributed by atoms with Crippen molar-refractivity contribution in [3.63, 3.8) is 0 Å². The third-order valence-corrected chi connectivity index (χ3v) is 4.94. The second-order valence-electron chi connectivity index (χ2n) is 7.15. The maximum Gasteiger partial charge on any atom is 0.286 e. The lowest BCUT2D eigenvalue weighted by Gasteiger charge is -2.13. The fraction of sp³-hybridized carbons (Fsp3) is 0.167. The molecular formula is C24H23N3O6. The van der Waals surface area contributed by atoms with Crippen LogP contribution in [-0.2, 0) is 6.54 Å². The molecule has 0 aliphatic heterocycles. The number of hydrogen-bond acceptors (Lipinski definition) is 6. The monoisotopic (exact) mass is 449 g/mol. The van der Waals surface area contributed by atoms with Crippen molar-refractivity contribution in [2.45, 2.75) is 13.5 Å². The Morgan fingerprint density at radius 3 is 2.18 bits per heavy atom. The smallest absolute Gasteiger partial charge is 0.286 e. The molecule has 0 atom stereocenters. The van der Waals surface area contributed by atoms with Gasteiger partial charge < -0.3 is 20.1 Å². The molecule has 0 unspecified atom stereocenters. The molecular weight excluding hydrogens is 426 g/mol. The fourth-order valence-corrected chi connectivity index (χ4v) is 3.16. The number of hydrogen-bond donors (Lipinski definition) is 2. The molecule has 170 valence electrons. The number of carbonyl (C=O) groups is 2. The van der Waals surface area contributed by atoms with Crippen molar-refractivity contribution in [3.05, 3.63) is 93.0 Å². The van der Waals surface area contributed by atoms with Gasteiger partial charge in [-0.1, -0.05) is 42.0 Å². The number of benzene rings is 3. The average Bonchev–Trinajstić information content (AvgIpc) is 2.82. The van der Waals surface area contributed by atoms with E-state index in [0.29, 0.717) is 6.54 Å². The first-order valence-corrected chi connectivity index (χ1v) is 9.98. The number of nitrogens with one attached hydrogen (secondary N) is 2. The Kier molecular flexibility index (Phi) is 7.24. The summed E-state index contributed by atoms with van der Waals surface area (Å²) in [6.07, 6.45) is 0. The van der Waals surface area contributed by atoms with E-state index in [0.717, 1.165) is 17.2 Å². The highest BCUT2D eigenvalue weighted by Gasteiger charge is 2.25. The van der Waals surface area contributed by atoms with Crippen LogP contribution in [0, 0.1) is 17.0 Å². The summed E-state index contributed by atoms with van der Waals surface area (Å²) in [7, 11) is 2.70. The summed E-state index contributed by atoms with van der Waals surface area (Å²) >= 11 is 0. The number of methoxy groups -OCH3 is 2. The van der Waals surface area contributed by atoms with Gasteiger partial charge >= 0.3 is 0 Å². The van der Waals surface area contributed by atoms with Gasteiger partial charge in [0, 0.05) is 12.6 Å². The van der Waals surface area contributed by atoms with Crippen molar-refractivity contribution >= 4 is 23.2 Å². The van der Waals surface area contributed by atoms with E-state index < -0.39 is 22.4 Å². The largest absolute Gasteiger partial charge is 0.493 e. The molecule has 0 heterocycles. The van der Waals surface area contributed by atoms with Crippen LogP contribution in [-0.4, -0.2) is 31.0 Å². The number of ether oxygens (including phenoxy) is 2. The van der Waals surface area contributed by atoms with Crippen molar-refractivity contribution in [2.24, 2.45) is 0 Å². The highest BCUT2D eigenvalue weighted by molar-refractivity contribution is 6.11. The summed E-state index contributed by atoms with van der Waals surface area (Å²) in [5, 5.41) is 16.9. The lowest BCUT2D eigenvalue weighted by Crippen LogP contribution is -2.25. The van der Waals surface area contributed by atoms with Gasteiger partial charge in [-0.2, -0.15) is 0 Å². The van der Waals surface area contributed by atoms with Crippen molar-refractivity contribution in [3.8, 4) is 11.5 Å². The van der Waals surface area contributed by atoms with Crippen molar-refractivity contribution in [1.29, 1.82) is 0 Å². The molecule has 3 rings (SSSR count). The summed E-state index contributed by atoms with van der Waals surface area (Å²) in [5.41, 5.74) is 1.80. The van der Waals surface area contributed by atoms with Gasteiger partial charge in [0.25, 0.3) is 17.5 Å². The van der Waals surface area contributed by atoms with Gasteiger partial charge in [0.1, 0.15) is 5.56 Å². The van der Waals surface area contributed by atoms with Crippen molar-refractivity contribution in [2.75, 3.05) is 19.5 Å². The van der Waals surface area contributed by atoms with Crippen LogP contribution in [0.1, 0.15) is 31.8 Å². The molecule has 3 aromatic carbocycles. The Balaban J connectivity index is 1.84.